The summed E-state index contributed by atoms with van der Waals surface area (Å²) in [4.78, 5) is 10.0. The predicted octanol–water partition coefficient (Wildman–Crippen LogP) is 3.84. The van der Waals surface area contributed by atoms with Crippen molar-refractivity contribution in [3.8, 4) is 0 Å². The molecule has 0 amide bonds. The zero-order chi connectivity index (χ0) is 14.1. The van der Waals surface area contributed by atoms with E-state index >= 15 is 0 Å². The van der Waals surface area contributed by atoms with Crippen molar-refractivity contribution in [1.29, 1.82) is 0 Å². The van der Waals surface area contributed by atoms with Crippen molar-refractivity contribution in [2.45, 2.75) is 20.5 Å². The van der Waals surface area contributed by atoms with Crippen LogP contribution in [0.3, 0.4) is 0 Å². The van der Waals surface area contributed by atoms with E-state index in [0.29, 0.717) is 6.61 Å². The zero-order valence-electron chi connectivity index (χ0n) is 11.8. The summed E-state index contributed by atoms with van der Waals surface area (Å²) in [6, 6.07) is 8.26. The highest BCUT2D eigenvalue weighted by atomic mass is 35.5. The van der Waals surface area contributed by atoms with Crippen LogP contribution >= 0.6 is 12.4 Å². The molecule has 21 heavy (non-hydrogen) atoms. The van der Waals surface area contributed by atoms with Crippen LogP contribution in [0.25, 0.3) is 10.9 Å². The summed E-state index contributed by atoms with van der Waals surface area (Å²) in [5, 5.41) is 1.09. The van der Waals surface area contributed by atoms with E-state index in [2.05, 4.69) is 11.9 Å². The number of nitrogens with zero attached hydrogens (tertiary/aromatic N) is 2. The highest BCUT2D eigenvalue weighted by Crippen LogP contribution is 2.23. The molecule has 0 bridgehead atoms. The zero-order valence-corrected chi connectivity index (χ0v) is 12.7. The van der Waals surface area contributed by atoms with Crippen molar-refractivity contribution in [3.63, 3.8) is 0 Å². The van der Waals surface area contributed by atoms with E-state index in [1.54, 1.807) is 18.3 Å². The minimum absolute atomic E-state index is 0. The van der Waals surface area contributed by atoms with Crippen LogP contribution < -0.4 is 4.84 Å². The third kappa shape index (κ3) is 2.85. The van der Waals surface area contributed by atoms with Gasteiger partial charge in [-0.3, -0.25) is 4.98 Å². The second-order valence-electron chi connectivity index (χ2n) is 4.80. The summed E-state index contributed by atoms with van der Waals surface area (Å²) in [6.07, 6.45) is 3.59. The van der Waals surface area contributed by atoms with Crippen LogP contribution in [-0.4, -0.2) is 9.71 Å². The van der Waals surface area contributed by atoms with E-state index in [1.807, 2.05) is 23.9 Å². The monoisotopic (exact) mass is 306 g/mol. The molecule has 2 heterocycles. The molecule has 1 aromatic carbocycles. The molecule has 110 valence electrons. The van der Waals surface area contributed by atoms with Gasteiger partial charge < -0.3 is 4.84 Å². The summed E-state index contributed by atoms with van der Waals surface area (Å²) in [5.41, 5.74) is 4.14. The van der Waals surface area contributed by atoms with E-state index in [1.165, 1.54) is 12.1 Å². The first kappa shape index (κ1) is 15.3. The van der Waals surface area contributed by atoms with Gasteiger partial charge in [0.15, 0.2) is 0 Å². The van der Waals surface area contributed by atoms with Crippen LogP contribution in [-0.2, 0) is 6.61 Å². The van der Waals surface area contributed by atoms with Gasteiger partial charge >= 0.3 is 0 Å². The van der Waals surface area contributed by atoms with Gasteiger partial charge in [-0.2, -0.15) is 4.73 Å². The van der Waals surface area contributed by atoms with E-state index in [-0.39, 0.29) is 18.2 Å². The number of rotatable bonds is 3. The molecule has 0 atom stereocenters. The lowest BCUT2D eigenvalue weighted by atomic mass is 10.2. The largest absolute Gasteiger partial charge is 0.409 e. The van der Waals surface area contributed by atoms with Crippen LogP contribution in [0.15, 0.2) is 42.7 Å². The highest BCUT2D eigenvalue weighted by Gasteiger charge is 2.11. The number of fused-ring (bicyclic) bond motifs is 1. The molecule has 0 unspecified atom stereocenters. The van der Waals surface area contributed by atoms with E-state index < -0.39 is 0 Å². The van der Waals surface area contributed by atoms with Crippen molar-refractivity contribution in [2.24, 2.45) is 0 Å². The molecule has 0 saturated carbocycles. The van der Waals surface area contributed by atoms with Gasteiger partial charge in [-0.25, -0.2) is 4.39 Å². The number of benzene rings is 1. The van der Waals surface area contributed by atoms with E-state index in [4.69, 9.17) is 4.84 Å². The number of hydrogen-bond acceptors (Lipinski definition) is 2. The van der Waals surface area contributed by atoms with Gasteiger partial charge in [0.25, 0.3) is 0 Å². The summed E-state index contributed by atoms with van der Waals surface area (Å²) in [5.74, 6) is -0.238. The maximum Gasteiger partial charge on any atom is 0.140 e. The average molecular weight is 307 g/mol. The van der Waals surface area contributed by atoms with Crippen LogP contribution in [0.4, 0.5) is 4.39 Å². The normalized spacial score (nSPS) is 10.4. The van der Waals surface area contributed by atoms with Crippen LogP contribution in [0.2, 0.25) is 0 Å². The second-order valence-corrected chi connectivity index (χ2v) is 4.80. The average Bonchev–Trinajstić information content (AvgIpc) is 2.71. The smallest absolute Gasteiger partial charge is 0.140 e. The number of hydrogen-bond donors (Lipinski definition) is 0. The molecule has 0 aliphatic rings. The SMILES string of the molecule is Cc1c(C)n(OCc2ccc(F)cc2)c2ccncc12.Cl. The van der Waals surface area contributed by atoms with Crippen molar-refractivity contribution in [3.05, 3.63) is 65.4 Å². The Morgan fingerprint density at radius 2 is 1.86 bits per heavy atom. The third-order valence-electron chi connectivity index (χ3n) is 3.54. The first-order valence-corrected chi connectivity index (χ1v) is 6.46. The Labute approximate surface area is 128 Å². The molecule has 2 aromatic heterocycles. The topological polar surface area (TPSA) is 27.1 Å². The highest BCUT2D eigenvalue weighted by molar-refractivity contribution is 5.85. The molecule has 5 heteroatoms. The van der Waals surface area contributed by atoms with Gasteiger partial charge in [-0.1, -0.05) is 12.1 Å². The Kier molecular flexibility index (Phi) is 4.48. The predicted molar refractivity (Wildman–Crippen MR) is 83.1 cm³/mol. The Balaban J connectivity index is 0.00000161. The lowest BCUT2D eigenvalue weighted by Gasteiger charge is -2.10. The molecule has 0 radical (unpaired) electrons. The molecular formula is C16H16ClFN2O. The van der Waals surface area contributed by atoms with Gasteiger partial charge in [-0.15, -0.1) is 12.4 Å². The fourth-order valence-electron chi connectivity index (χ4n) is 2.27. The quantitative estimate of drug-likeness (QED) is 0.735. The molecule has 3 nitrogen and oxygen atoms in total. The number of halogens is 2. The molecular weight excluding hydrogens is 291 g/mol. The lowest BCUT2D eigenvalue weighted by molar-refractivity contribution is 0.103. The summed E-state index contributed by atoms with van der Waals surface area (Å²) in [7, 11) is 0. The van der Waals surface area contributed by atoms with Crippen molar-refractivity contribution in [2.75, 3.05) is 0 Å². The number of aryl methyl sites for hydroxylation is 1. The van der Waals surface area contributed by atoms with Crippen molar-refractivity contribution < 1.29 is 9.23 Å². The summed E-state index contributed by atoms with van der Waals surface area (Å²) in [6.45, 7) is 4.46. The van der Waals surface area contributed by atoms with Crippen molar-refractivity contribution in [1.82, 2.24) is 9.71 Å². The Morgan fingerprint density at radius 1 is 1.14 bits per heavy atom. The van der Waals surface area contributed by atoms with E-state index in [0.717, 1.165) is 27.7 Å². The molecule has 3 rings (SSSR count). The first-order valence-electron chi connectivity index (χ1n) is 6.46. The second kappa shape index (κ2) is 6.14. The molecule has 0 N–H and O–H groups in total. The van der Waals surface area contributed by atoms with Crippen LogP contribution in [0.5, 0.6) is 0 Å². The molecule has 0 aliphatic carbocycles. The van der Waals surface area contributed by atoms with Gasteiger partial charge in [0, 0.05) is 17.8 Å². The van der Waals surface area contributed by atoms with Gasteiger partial charge in [0.05, 0.1) is 11.2 Å². The molecule has 3 aromatic rings. The summed E-state index contributed by atoms with van der Waals surface area (Å²) >= 11 is 0. The van der Waals surface area contributed by atoms with Gasteiger partial charge in [0.2, 0.25) is 0 Å². The van der Waals surface area contributed by atoms with Crippen LogP contribution in [0, 0.1) is 19.7 Å². The maximum atomic E-state index is 12.9. The van der Waals surface area contributed by atoms with Crippen molar-refractivity contribution >= 4 is 23.3 Å². The minimum Gasteiger partial charge on any atom is -0.409 e. The number of aromatic nitrogens is 2. The molecule has 0 fully saturated rings. The Hall–Kier alpha value is -2.07. The Bertz CT molecular complexity index is 753. The van der Waals surface area contributed by atoms with Gasteiger partial charge in [-0.05, 0) is 43.2 Å². The minimum atomic E-state index is -0.238. The summed E-state index contributed by atoms with van der Waals surface area (Å²) < 4.78 is 14.7. The first-order chi connectivity index (χ1) is 9.66. The lowest BCUT2D eigenvalue weighted by Crippen LogP contribution is -2.12. The molecule has 0 saturated heterocycles. The fourth-order valence-corrected chi connectivity index (χ4v) is 2.27. The molecule has 0 spiro atoms. The van der Waals surface area contributed by atoms with Crippen LogP contribution in [0.1, 0.15) is 16.8 Å². The Morgan fingerprint density at radius 3 is 2.57 bits per heavy atom. The standard InChI is InChI=1S/C16H15FN2O.ClH/c1-11-12(2)19(16-7-8-18-9-15(11)16)20-10-13-3-5-14(17)6-4-13;/h3-9H,10H2,1-2H3;1H. The molecule has 0 aliphatic heterocycles. The van der Waals surface area contributed by atoms with Gasteiger partial charge in [0.1, 0.15) is 12.4 Å². The fraction of sp³-hybridized carbons (Fsp3) is 0.188. The number of pyridine rings is 1. The maximum absolute atomic E-state index is 12.9. The van der Waals surface area contributed by atoms with E-state index in [9.17, 15) is 4.39 Å². The third-order valence-corrected chi connectivity index (χ3v) is 3.54.